The Morgan fingerprint density at radius 2 is 2.33 bits per heavy atom. The van der Waals surface area contributed by atoms with E-state index in [-0.39, 0.29) is 12.5 Å². The monoisotopic (exact) mass is 207 g/mol. The number of aldehydes is 1. The average molecular weight is 207 g/mol. The maximum atomic E-state index is 11.1. The molecular formula is C11H13NO3. The van der Waals surface area contributed by atoms with Crippen molar-refractivity contribution < 1.29 is 14.3 Å². The second-order valence-electron chi connectivity index (χ2n) is 3.07. The molecule has 1 aromatic carbocycles. The minimum absolute atomic E-state index is 0.0490. The minimum atomic E-state index is -0.172. The molecule has 0 aliphatic carbocycles. The summed E-state index contributed by atoms with van der Waals surface area (Å²) in [7, 11) is 1.46. The molecule has 0 bridgehead atoms. The first-order chi connectivity index (χ1) is 7.26. The lowest BCUT2D eigenvalue weighted by Crippen LogP contribution is -2.26. The van der Waals surface area contributed by atoms with Crippen LogP contribution >= 0.6 is 0 Å². The first kappa shape index (κ1) is 11.4. The van der Waals surface area contributed by atoms with Gasteiger partial charge >= 0.3 is 0 Å². The normalized spacial score (nSPS) is 9.67. The Balaban J connectivity index is 2.50. The molecule has 1 amide bonds. The Labute approximate surface area is 88.2 Å². The Morgan fingerprint density at radius 3 is 3.00 bits per heavy atom. The number of carbonyl (C=O) groups excluding carboxylic acids is 2. The predicted molar refractivity (Wildman–Crippen MR) is 55.6 cm³/mol. The smallest absolute Gasteiger partial charge is 0.246 e. The maximum absolute atomic E-state index is 11.1. The van der Waals surface area contributed by atoms with Crippen LogP contribution < -0.4 is 5.32 Å². The molecule has 0 aliphatic heterocycles. The summed E-state index contributed by atoms with van der Waals surface area (Å²) in [6.07, 6.45) is 0.778. The predicted octanol–water partition coefficient (Wildman–Crippen LogP) is 0.762. The molecule has 4 nitrogen and oxygen atoms in total. The highest BCUT2D eigenvalue weighted by molar-refractivity contribution is 5.77. The third kappa shape index (κ3) is 3.91. The van der Waals surface area contributed by atoms with Crippen molar-refractivity contribution in [2.45, 2.75) is 6.54 Å². The van der Waals surface area contributed by atoms with E-state index >= 15 is 0 Å². The van der Waals surface area contributed by atoms with Crippen LogP contribution in [0, 0.1) is 0 Å². The third-order valence-corrected chi connectivity index (χ3v) is 1.85. The highest BCUT2D eigenvalue weighted by atomic mass is 16.5. The first-order valence-corrected chi connectivity index (χ1v) is 4.56. The first-order valence-electron chi connectivity index (χ1n) is 4.56. The fourth-order valence-corrected chi connectivity index (χ4v) is 1.16. The van der Waals surface area contributed by atoms with Crippen molar-refractivity contribution in [1.82, 2.24) is 5.32 Å². The highest BCUT2D eigenvalue weighted by Crippen LogP contribution is 2.02. The molecule has 0 saturated heterocycles. The van der Waals surface area contributed by atoms with Crippen molar-refractivity contribution in [1.29, 1.82) is 0 Å². The molecule has 4 heteroatoms. The van der Waals surface area contributed by atoms with E-state index in [2.05, 4.69) is 10.1 Å². The van der Waals surface area contributed by atoms with Gasteiger partial charge in [-0.05, 0) is 11.6 Å². The van der Waals surface area contributed by atoms with Crippen LogP contribution in [-0.4, -0.2) is 25.9 Å². The summed E-state index contributed by atoms with van der Waals surface area (Å²) in [6.45, 7) is 0.456. The molecular weight excluding hydrogens is 194 g/mol. The van der Waals surface area contributed by atoms with E-state index in [1.54, 1.807) is 18.2 Å². The lowest BCUT2D eigenvalue weighted by atomic mass is 10.1. The Kier molecular flexibility index (Phi) is 4.50. The number of benzene rings is 1. The van der Waals surface area contributed by atoms with Gasteiger partial charge < -0.3 is 10.1 Å². The molecule has 1 rings (SSSR count). The molecule has 0 radical (unpaired) electrons. The molecule has 1 aromatic rings. The fourth-order valence-electron chi connectivity index (χ4n) is 1.16. The van der Waals surface area contributed by atoms with Crippen molar-refractivity contribution in [2.75, 3.05) is 13.7 Å². The van der Waals surface area contributed by atoms with E-state index in [0.717, 1.165) is 11.8 Å². The molecule has 0 spiro atoms. The molecule has 0 atom stereocenters. The van der Waals surface area contributed by atoms with Crippen molar-refractivity contribution >= 4 is 12.2 Å². The van der Waals surface area contributed by atoms with Crippen LogP contribution in [0.3, 0.4) is 0 Å². The summed E-state index contributed by atoms with van der Waals surface area (Å²) in [5, 5.41) is 2.67. The number of rotatable bonds is 5. The van der Waals surface area contributed by atoms with Gasteiger partial charge in [0.2, 0.25) is 5.91 Å². The number of methoxy groups -OCH3 is 1. The van der Waals surface area contributed by atoms with Gasteiger partial charge in [-0.15, -0.1) is 0 Å². The zero-order chi connectivity index (χ0) is 11.1. The van der Waals surface area contributed by atoms with Crippen molar-refractivity contribution in [2.24, 2.45) is 0 Å². The second kappa shape index (κ2) is 5.93. The number of carbonyl (C=O) groups is 2. The van der Waals surface area contributed by atoms with Crippen LogP contribution in [0.4, 0.5) is 0 Å². The van der Waals surface area contributed by atoms with E-state index in [0.29, 0.717) is 12.1 Å². The SMILES string of the molecule is COCC(=O)NCc1cccc(C=O)c1. The Bertz CT molecular complexity index is 349. The zero-order valence-electron chi connectivity index (χ0n) is 8.53. The summed E-state index contributed by atoms with van der Waals surface area (Å²) < 4.78 is 4.67. The van der Waals surface area contributed by atoms with Gasteiger partial charge in [-0.3, -0.25) is 9.59 Å². The minimum Gasteiger partial charge on any atom is -0.375 e. The molecule has 1 N–H and O–H groups in total. The van der Waals surface area contributed by atoms with Crippen molar-refractivity contribution in [3.8, 4) is 0 Å². The molecule has 80 valence electrons. The summed E-state index contributed by atoms with van der Waals surface area (Å²) in [5.74, 6) is -0.172. The fraction of sp³-hybridized carbons (Fsp3) is 0.273. The number of ether oxygens (including phenoxy) is 1. The van der Waals surface area contributed by atoms with Gasteiger partial charge in [-0.1, -0.05) is 18.2 Å². The topological polar surface area (TPSA) is 55.4 Å². The van der Waals surface area contributed by atoms with Crippen LogP contribution in [0.15, 0.2) is 24.3 Å². The van der Waals surface area contributed by atoms with E-state index in [4.69, 9.17) is 0 Å². The highest BCUT2D eigenvalue weighted by Gasteiger charge is 2.00. The van der Waals surface area contributed by atoms with Gasteiger partial charge in [0.05, 0.1) is 0 Å². The number of nitrogens with one attached hydrogen (secondary N) is 1. The van der Waals surface area contributed by atoms with Crippen molar-refractivity contribution in [3.63, 3.8) is 0 Å². The van der Waals surface area contributed by atoms with Gasteiger partial charge in [-0.25, -0.2) is 0 Å². The Hall–Kier alpha value is -1.68. The van der Waals surface area contributed by atoms with E-state index in [1.165, 1.54) is 7.11 Å². The largest absolute Gasteiger partial charge is 0.375 e. The van der Waals surface area contributed by atoms with E-state index < -0.39 is 0 Å². The van der Waals surface area contributed by atoms with Gasteiger partial charge in [0.15, 0.2) is 0 Å². The molecule has 0 heterocycles. The number of hydrogen-bond donors (Lipinski definition) is 1. The van der Waals surface area contributed by atoms with Crippen LogP contribution in [0.5, 0.6) is 0 Å². The zero-order valence-corrected chi connectivity index (χ0v) is 8.53. The Morgan fingerprint density at radius 1 is 1.53 bits per heavy atom. The third-order valence-electron chi connectivity index (χ3n) is 1.85. The lowest BCUT2D eigenvalue weighted by molar-refractivity contribution is -0.124. The summed E-state index contributed by atoms with van der Waals surface area (Å²) in [5.41, 5.74) is 1.50. The molecule has 0 saturated carbocycles. The summed E-state index contributed by atoms with van der Waals surface area (Å²) >= 11 is 0. The quantitative estimate of drug-likeness (QED) is 0.725. The van der Waals surface area contributed by atoms with Gasteiger partial charge in [0, 0.05) is 19.2 Å². The maximum Gasteiger partial charge on any atom is 0.246 e. The molecule has 0 aromatic heterocycles. The van der Waals surface area contributed by atoms with Gasteiger partial charge in [0.1, 0.15) is 12.9 Å². The molecule has 0 fully saturated rings. The average Bonchev–Trinajstić information content (AvgIpc) is 2.27. The second-order valence-corrected chi connectivity index (χ2v) is 3.07. The van der Waals surface area contributed by atoms with Gasteiger partial charge in [-0.2, -0.15) is 0 Å². The molecule has 0 aliphatic rings. The van der Waals surface area contributed by atoms with Gasteiger partial charge in [0.25, 0.3) is 0 Å². The molecule has 0 unspecified atom stereocenters. The number of hydrogen-bond acceptors (Lipinski definition) is 3. The molecule has 15 heavy (non-hydrogen) atoms. The van der Waals surface area contributed by atoms with Crippen molar-refractivity contribution in [3.05, 3.63) is 35.4 Å². The lowest BCUT2D eigenvalue weighted by Gasteiger charge is -2.04. The number of amides is 1. The summed E-state index contributed by atoms with van der Waals surface area (Å²) in [4.78, 5) is 21.6. The standard InChI is InChI=1S/C11H13NO3/c1-15-8-11(14)12-6-9-3-2-4-10(5-9)7-13/h2-5,7H,6,8H2,1H3,(H,12,14). The summed E-state index contributed by atoms with van der Waals surface area (Å²) in [6, 6.07) is 7.08. The van der Waals surface area contributed by atoms with Crippen LogP contribution in [0.2, 0.25) is 0 Å². The van der Waals surface area contributed by atoms with Crippen LogP contribution in [0.1, 0.15) is 15.9 Å². The van der Waals surface area contributed by atoms with Crippen LogP contribution in [-0.2, 0) is 16.1 Å². The van der Waals surface area contributed by atoms with E-state index in [9.17, 15) is 9.59 Å². The van der Waals surface area contributed by atoms with Crippen LogP contribution in [0.25, 0.3) is 0 Å². The van der Waals surface area contributed by atoms with E-state index in [1.807, 2.05) is 6.07 Å².